The molecule has 1 heterocycles. The highest BCUT2D eigenvalue weighted by atomic mass is 32.2. The second-order valence-electron chi connectivity index (χ2n) is 3.42. The van der Waals surface area contributed by atoms with Crippen LogP contribution >= 0.6 is 0 Å². The van der Waals surface area contributed by atoms with E-state index in [1.54, 1.807) is 13.8 Å². The van der Waals surface area contributed by atoms with Gasteiger partial charge in [-0.25, -0.2) is 4.79 Å². The number of hydrogen-bond acceptors (Lipinski definition) is 6. The van der Waals surface area contributed by atoms with Gasteiger partial charge >= 0.3 is 16.3 Å². The molecule has 1 aliphatic rings. The first-order valence-corrected chi connectivity index (χ1v) is 6.14. The number of carbonyl (C=O) groups excluding carboxylic acids is 1. The Morgan fingerprint density at radius 2 is 2.13 bits per heavy atom. The van der Waals surface area contributed by atoms with Crippen LogP contribution in [0.1, 0.15) is 26.7 Å². The van der Waals surface area contributed by atoms with Crippen molar-refractivity contribution in [2.24, 2.45) is 0 Å². The molecule has 0 aromatic rings. The van der Waals surface area contributed by atoms with Crippen molar-refractivity contribution in [3.05, 3.63) is 0 Å². The number of rotatable bonds is 2. The topological polar surface area (TPSA) is 78.9 Å². The molecule has 0 aromatic heterocycles. The summed E-state index contributed by atoms with van der Waals surface area (Å²) in [5.41, 5.74) is -1.24. The van der Waals surface area contributed by atoms with E-state index in [0.717, 1.165) is 0 Å². The molecule has 1 unspecified atom stereocenters. The smallest absolute Gasteiger partial charge is 0.432 e. The average molecular weight is 238 g/mol. The second kappa shape index (κ2) is 4.80. The molecule has 0 bridgehead atoms. The molecule has 0 spiro atoms. The molecule has 0 amide bonds. The van der Waals surface area contributed by atoms with Gasteiger partial charge in [-0.05, 0) is 20.3 Å². The van der Waals surface area contributed by atoms with Crippen LogP contribution in [0.15, 0.2) is 0 Å². The standard InChI is InChI=1S/C8H14O6S/c1-6(2)13-8(9)14-7-4-3-5-12-15(7,10)11/h6-7H,3-5H2,1-2H3. The van der Waals surface area contributed by atoms with Crippen LogP contribution in [0.5, 0.6) is 0 Å². The highest BCUT2D eigenvalue weighted by molar-refractivity contribution is 7.87. The van der Waals surface area contributed by atoms with Gasteiger partial charge < -0.3 is 9.47 Å². The molecule has 1 fully saturated rings. The molecule has 0 N–H and O–H groups in total. The van der Waals surface area contributed by atoms with E-state index in [1.807, 2.05) is 0 Å². The molecule has 1 saturated heterocycles. The number of hydrogen-bond donors (Lipinski definition) is 0. The number of ether oxygens (including phenoxy) is 2. The summed E-state index contributed by atoms with van der Waals surface area (Å²) in [6.45, 7) is 3.43. The van der Waals surface area contributed by atoms with Gasteiger partial charge in [0, 0.05) is 6.42 Å². The van der Waals surface area contributed by atoms with E-state index in [1.165, 1.54) is 0 Å². The summed E-state index contributed by atoms with van der Waals surface area (Å²) in [6.07, 6.45) is -0.539. The molecule has 0 aromatic carbocycles. The molecule has 1 atom stereocenters. The van der Waals surface area contributed by atoms with Crippen molar-refractivity contribution in [3.8, 4) is 0 Å². The van der Waals surface area contributed by atoms with Crippen LogP contribution in [0.2, 0.25) is 0 Å². The summed E-state index contributed by atoms with van der Waals surface area (Å²) in [5.74, 6) is 0. The van der Waals surface area contributed by atoms with Crippen LogP contribution < -0.4 is 0 Å². The summed E-state index contributed by atoms with van der Waals surface area (Å²) in [7, 11) is -3.78. The van der Waals surface area contributed by atoms with Crippen molar-refractivity contribution < 1.29 is 26.9 Å². The van der Waals surface area contributed by atoms with E-state index in [-0.39, 0.29) is 19.1 Å². The molecular weight excluding hydrogens is 224 g/mol. The highest BCUT2D eigenvalue weighted by Gasteiger charge is 2.34. The van der Waals surface area contributed by atoms with Crippen LogP contribution in [0.3, 0.4) is 0 Å². The Balaban J connectivity index is 2.53. The third-order valence-electron chi connectivity index (χ3n) is 1.71. The van der Waals surface area contributed by atoms with E-state index in [4.69, 9.17) is 0 Å². The lowest BCUT2D eigenvalue weighted by molar-refractivity contribution is 0.0166. The van der Waals surface area contributed by atoms with Crippen molar-refractivity contribution in [1.29, 1.82) is 0 Å². The fourth-order valence-electron chi connectivity index (χ4n) is 1.09. The van der Waals surface area contributed by atoms with Crippen LogP contribution in [-0.4, -0.2) is 32.7 Å². The van der Waals surface area contributed by atoms with Crippen LogP contribution in [0.4, 0.5) is 4.79 Å². The zero-order valence-corrected chi connectivity index (χ0v) is 9.45. The predicted molar refractivity (Wildman–Crippen MR) is 50.6 cm³/mol. The fourth-order valence-corrected chi connectivity index (χ4v) is 2.24. The lowest BCUT2D eigenvalue weighted by atomic mass is 10.3. The third kappa shape index (κ3) is 3.67. The molecule has 1 rings (SSSR count). The van der Waals surface area contributed by atoms with E-state index in [0.29, 0.717) is 6.42 Å². The van der Waals surface area contributed by atoms with Crippen molar-refractivity contribution >= 4 is 16.3 Å². The van der Waals surface area contributed by atoms with Crippen molar-refractivity contribution in [2.75, 3.05) is 6.61 Å². The van der Waals surface area contributed by atoms with Crippen molar-refractivity contribution in [1.82, 2.24) is 0 Å². The normalized spacial score (nSPS) is 24.9. The summed E-state index contributed by atoms with van der Waals surface area (Å²) in [6, 6.07) is 0. The van der Waals surface area contributed by atoms with E-state index >= 15 is 0 Å². The maximum Gasteiger partial charge on any atom is 0.509 e. The highest BCUT2D eigenvalue weighted by Crippen LogP contribution is 2.19. The summed E-state index contributed by atoms with van der Waals surface area (Å²) >= 11 is 0. The van der Waals surface area contributed by atoms with E-state index in [9.17, 15) is 13.2 Å². The predicted octanol–water partition coefficient (Wildman–Crippen LogP) is 1.01. The monoisotopic (exact) mass is 238 g/mol. The van der Waals surface area contributed by atoms with Gasteiger partial charge in [-0.1, -0.05) is 0 Å². The van der Waals surface area contributed by atoms with Gasteiger partial charge in [-0.2, -0.15) is 8.42 Å². The van der Waals surface area contributed by atoms with Gasteiger partial charge in [0.1, 0.15) is 0 Å². The first-order valence-electron chi connectivity index (χ1n) is 4.67. The molecule has 0 radical (unpaired) electrons. The van der Waals surface area contributed by atoms with Crippen molar-refractivity contribution in [2.45, 2.75) is 38.2 Å². The summed E-state index contributed by atoms with van der Waals surface area (Å²) in [5, 5.41) is 0. The molecule has 7 heteroatoms. The zero-order chi connectivity index (χ0) is 11.5. The van der Waals surface area contributed by atoms with E-state index in [2.05, 4.69) is 13.7 Å². The van der Waals surface area contributed by atoms with Crippen LogP contribution in [0.25, 0.3) is 0 Å². The first kappa shape index (κ1) is 12.3. The fraction of sp³-hybridized carbons (Fsp3) is 0.875. The second-order valence-corrected chi connectivity index (χ2v) is 5.17. The van der Waals surface area contributed by atoms with Gasteiger partial charge in [0.05, 0.1) is 12.7 Å². The quantitative estimate of drug-likeness (QED) is 0.527. The van der Waals surface area contributed by atoms with Crippen molar-refractivity contribution in [3.63, 3.8) is 0 Å². The van der Waals surface area contributed by atoms with Crippen LogP contribution in [-0.2, 0) is 23.8 Å². The minimum Gasteiger partial charge on any atom is -0.432 e. The summed E-state index contributed by atoms with van der Waals surface area (Å²) < 4.78 is 36.3. The van der Waals surface area contributed by atoms with Crippen LogP contribution in [0, 0.1) is 0 Å². The Bertz CT molecular complexity index is 320. The minimum atomic E-state index is -3.78. The SMILES string of the molecule is CC(C)OC(=O)OC1CCCOS1(=O)=O. The Morgan fingerprint density at radius 3 is 2.67 bits per heavy atom. The third-order valence-corrected chi connectivity index (χ3v) is 3.18. The van der Waals surface area contributed by atoms with Gasteiger partial charge in [0.15, 0.2) is 0 Å². The average Bonchev–Trinajstić information content (AvgIpc) is 2.07. The molecule has 0 saturated carbocycles. The Labute approximate surface area is 88.6 Å². The summed E-state index contributed by atoms with van der Waals surface area (Å²) in [4.78, 5) is 11.0. The molecular formula is C8H14O6S. The maximum absolute atomic E-state index is 11.2. The lowest BCUT2D eigenvalue weighted by Gasteiger charge is -2.21. The molecule has 15 heavy (non-hydrogen) atoms. The molecule has 1 aliphatic heterocycles. The van der Waals surface area contributed by atoms with Gasteiger partial charge in [-0.3, -0.25) is 4.18 Å². The Kier molecular flexibility index (Phi) is 3.92. The minimum absolute atomic E-state index is 0.140. The molecule has 88 valence electrons. The lowest BCUT2D eigenvalue weighted by Crippen LogP contribution is -2.34. The first-order chi connectivity index (χ1) is 6.92. The largest absolute Gasteiger partial charge is 0.509 e. The zero-order valence-electron chi connectivity index (χ0n) is 8.63. The Hall–Kier alpha value is -0.820. The van der Waals surface area contributed by atoms with Gasteiger partial charge in [0.25, 0.3) is 0 Å². The maximum atomic E-state index is 11.2. The molecule has 0 aliphatic carbocycles. The van der Waals surface area contributed by atoms with Gasteiger partial charge in [0.2, 0.25) is 5.44 Å². The van der Waals surface area contributed by atoms with Gasteiger partial charge in [-0.15, -0.1) is 0 Å². The number of carbonyl (C=O) groups is 1. The molecule has 6 nitrogen and oxygen atoms in total. The van der Waals surface area contributed by atoms with E-state index < -0.39 is 21.7 Å². The Morgan fingerprint density at radius 1 is 1.47 bits per heavy atom.